The Bertz CT molecular complexity index is 2740. The Morgan fingerprint density at radius 1 is 0.579 bits per heavy atom. The van der Waals surface area contributed by atoms with E-state index in [-0.39, 0.29) is 30.0 Å². The van der Waals surface area contributed by atoms with Gasteiger partial charge in [0, 0.05) is 13.5 Å². The third-order valence-corrected chi connectivity index (χ3v) is 23.5. The number of esters is 1. The lowest BCUT2D eigenvalue weighted by Crippen LogP contribution is -2.67. The lowest BCUT2D eigenvalue weighted by molar-refractivity contribution is -0.394. The maximum Gasteiger partial charge on any atom is 0.314 e. The maximum absolute atomic E-state index is 14.5. The third-order valence-electron chi connectivity index (χ3n) is 23.5. The highest BCUT2D eigenvalue weighted by Gasteiger charge is 2.79. The van der Waals surface area contributed by atoms with Crippen LogP contribution in [-0.4, -0.2) is 312 Å². The molecule has 4 aliphatic carbocycles. The number of aliphatic hydroxyl groups is 15. The van der Waals surface area contributed by atoms with Crippen molar-refractivity contribution in [3.8, 4) is 0 Å². The van der Waals surface area contributed by atoms with Crippen LogP contribution < -0.4 is 0 Å². The van der Waals surface area contributed by atoms with Crippen LogP contribution in [0.4, 0.5) is 0 Å². The van der Waals surface area contributed by atoms with Crippen molar-refractivity contribution >= 4 is 11.8 Å². The van der Waals surface area contributed by atoms with Gasteiger partial charge in [-0.05, 0) is 93.8 Å². The Balaban J connectivity index is 0.828. The molecule has 11 rings (SSSR count). The van der Waals surface area contributed by atoms with Crippen molar-refractivity contribution in [2.45, 2.75) is 284 Å². The Morgan fingerprint density at radius 2 is 1.13 bits per heavy atom. The topological polar surface area (TPSA) is 467 Å². The molecule has 0 aromatic rings. The molecule has 0 amide bonds. The van der Waals surface area contributed by atoms with Crippen molar-refractivity contribution in [3.05, 3.63) is 23.8 Å². The second-order valence-corrected chi connectivity index (χ2v) is 29.6. The van der Waals surface area contributed by atoms with Crippen molar-refractivity contribution in [1.29, 1.82) is 0 Å². The van der Waals surface area contributed by atoms with E-state index in [0.717, 1.165) is 5.57 Å². The third kappa shape index (κ3) is 12.6. The minimum atomic E-state index is -2.04. The van der Waals surface area contributed by atoms with E-state index in [2.05, 4.69) is 40.3 Å². The van der Waals surface area contributed by atoms with Gasteiger partial charge in [-0.25, -0.2) is 0 Å². The molecule has 10 fully saturated rings. The largest absolute Gasteiger partial charge is 0.458 e. The monoisotopic (exact) mass is 1360 g/mol. The van der Waals surface area contributed by atoms with E-state index in [1.165, 1.54) is 19.6 Å². The van der Waals surface area contributed by atoms with Crippen LogP contribution in [0.15, 0.2) is 23.8 Å². The Hall–Kier alpha value is -2.50. The number of carbonyl (C=O) groups excluding carboxylic acids is 2. The number of rotatable bonds is 19. The molecule has 11 aliphatic rings. The van der Waals surface area contributed by atoms with Gasteiger partial charge in [0.25, 0.3) is 0 Å². The standard InChI is InChI=1S/C64H100O31/c1-24(2)12-16-63(8)52-28(68)18-62(7)27-10-11-34-60(4,5)35(14-15-61(34,6)26(27)13-17-64(52,62)59(81)95-63)90-58-51(39(73)33(23-84-58)89-56-46(80)50(38(72)32(21-67)87-56)93-55-42(76)40(74)36(70)30(19-65)86-55)94-54-43(77)41(75)47(25(3)85-54)91-53-44(78)48(29(69)22-83-53)92-57-45(79)49(82-9)37(71)31(20-66)88-57/h13,25,27,29-58,65-67,69-80H,1,10-12,14-23H2,2-9H3/t25?,27?,29?,30?,31?,32?,33?,34?,35?,36?,37?,38?,39?,40?,41?,42?,43?,44?,45?,46?,47?,48?,49?,50?,51?,52?,53?,54?,55?,56?,57?,58?,61?,62-,63-,64?/m0/s1. The Kier molecular flexibility index (Phi) is 21.8. The number of cyclic esters (lactones) is 1. The van der Waals surface area contributed by atoms with Gasteiger partial charge in [-0.1, -0.05) is 44.9 Å². The van der Waals surface area contributed by atoms with E-state index in [4.69, 9.17) is 66.3 Å². The molecule has 542 valence electrons. The van der Waals surface area contributed by atoms with Gasteiger partial charge < -0.3 is 143 Å². The lowest BCUT2D eigenvalue weighted by Gasteiger charge is -2.63. The van der Waals surface area contributed by atoms with Crippen LogP contribution in [0.25, 0.3) is 0 Å². The number of hydrogen-bond acceptors (Lipinski definition) is 31. The van der Waals surface area contributed by atoms with Gasteiger partial charge >= 0.3 is 5.97 Å². The Morgan fingerprint density at radius 3 is 1.77 bits per heavy atom. The summed E-state index contributed by atoms with van der Waals surface area (Å²) < 4.78 is 84.1. The molecular formula is C64H100O31. The van der Waals surface area contributed by atoms with E-state index in [1.807, 2.05) is 13.8 Å². The van der Waals surface area contributed by atoms with Crippen molar-refractivity contribution in [3.63, 3.8) is 0 Å². The molecule has 36 atom stereocenters. The highest BCUT2D eigenvalue weighted by atomic mass is 16.8. The summed E-state index contributed by atoms with van der Waals surface area (Å²) in [6.07, 6.45) is -42.1. The molecule has 0 bridgehead atoms. The zero-order valence-corrected chi connectivity index (χ0v) is 54.7. The summed E-state index contributed by atoms with van der Waals surface area (Å²) >= 11 is 0. The van der Waals surface area contributed by atoms with Gasteiger partial charge in [-0.3, -0.25) is 9.59 Å². The van der Waals surface area contributed by atoms with E-state index >= 15 is 0 Å². The highest BCUT2D eigenvalue weighted by molar-refractivity contribution is 5.99. The molecule has 34 unspecified atom stereocenters. The predicted molar refractivity (Wildman–Crippen MR) is 315 cm³/mol. The second kappa shape index (κ2) is 28.0. The van der Waals surface area contributed by atoms with Crippen LogP contribution in [0.3, 0.4) is 0 Å². The van der Waals surface area contributed by atoms with Crippen molar-refractivity contribution in [1.82, 2.24) is 0 Å². The molecule has 0 aromatic heterocycles. The summed E-state index contributed by atoms with van der Waals surface area (Å²) in [5, 5.41) is 165. The summed E-state index contributed by atoms with van der Waals surface area (Å²) in [5.74, 6) is -1.06. The first kappa shape index (κ1) is 73.7. The van der Waals surface area contributed by atoms with E-state index in [0.29, 0.717) is 44.9 Å². The SMILES string of the molecule is C=C(C)CC[C@]1(C)OC(=O)C23CC=C4C(CCC5C4(C)CCC(OC4OCC(OC6OC(CO)C(O)C(OC7OC(CO)C(O)C(O)C7O)C6O)C(O)C4OC4OC(C)C(OC6OCC(O)C(OC7OC(CO)C(O)C(OC)C7O)C6O)C(O)C4O)C5(C)C)[C@]2(C)CC(=O)C31. The number of ketones is 1. The molecule has 7 saturated heterocycles. The summed E-state index contributed by atoms with van der Waals surface area (Å²) in [4.78, 5) is 28.9. The van der Waals surface area contributed by atoms with Crippen LogP contribution in [-0.2, 0) is 75.9 Å². The first-order chi connectivity index (χ1) is 44.8. The van der Waals surface area contributed by atoms with Crippen molar-refractivity contribution in [2.24, 2.45) is 39.4 Å². The van der Waals surface area contributed by atoms with Crippen molar-refractivity contribution in [2.75, 3.05) is 40.1 Å². The minimum Gasteiger partial charge on any atom is -0.458 e. The molecule has 7 aliphatic heterocycles. The fraction of sp³-hybridized carbons (Fsp3) is 0.906. The van der Waals surface area contributed by atoms with Gasteiger partial charge in [-0.2, -0.15) is 0 Å². The van der Waals surface area contributed by atoms with Gasteiger partial charge in [0.2, 0.25) is 0 Å². The maximum atomic E-state index is 14.5. The van der Waals surface area contributed by atoms with E-state index in [1.54, 1.807) is 0 Å². The fourth-order valence-corrected chi connectivity index (χ4v) is 18.2. The van der Waals surface area contributed by atoms with Crippen LogP contribution in [0.1, 0.15) is 99.8 Å². The quantitative estimate of drug-likeness (QED) is 0.0330. The number of Topliss-reactive ketones (excluding diaryl/α,β-unsaturated/α-hetero) is 1. The Labute approximate surface area is 549 Å². The molecule has 15 N–H and O–H groups in total. The molecule has 3 saturated carbocycles. The summed E-state index contributed by atoms with van der Waals surface area (Å²) in [6, 6.07) is 0. The molecule has 0 aromatic carbocycles. The normalized spacial score (nSPS) is 53.0. The minimum absolute atomic E-state index is 0.0395. The molecule has 95 heavy (non-hydrogen) atoms. The predicted octanol–water partition coefficient (Wildman–Crippen LogP) is -4.31. The zero-order valence-electron chi connectivity index (χ0n) is 54.7. The van der Waals surface area contributed by atoms with Gasteiger partial charge in [0.1, 0.15) is 140 Å². The average Bonchev–Trinajstić information content (AvgIpc) is 1.50. The molecule has 7 heterocycles. The lowest BCUT2D eigenvalue weighted by atomic mass is 9.41. The number of methoxy groups -OCH3 is 1. The van der Waals surface area contributed by atoms with Crippen LogP contribution >= 0.6 is 0 Å². The summed E-state index contributed by atoms with van der Waals surface area (Å²) in [7, 11) is 1.20. The number of carbonyl (C=O) groups is 2. The number of hydrogen-bond donors (Lipinski definition) is 15. The summed E-state index contributed by atoms with van der Waals surface area (Å²) in [6.45, 7) is 14.3. The molecular weight excluding hydrogens is 1260 g/mol. The first-order valence-corrected chi connectivity index (χ1v) is 33.2. The first-order valence-electron chi connectivity index (χ1n) is 33.2. The molecule has 31 nitrogen and oxygen atoms in total. The highest BCUT2D eigenvalue weighted by Crippen LogP contribution is 2.75. The van der Waals surface area contributed by atoms with Gasteiger partial charge in [0.05, 0.1) is 56.6 Å². The van der Waals surface area contributed by atoms with Crippen LogP contribution in [0.5, 0.6) is 0 Å². The average molecular weight is 1370 g/mol. The van der Waals surface area contributed by atoms with Gasteiger partial charge in [0.15, 0.2) is 37.7 Å². The van der Waals surface area contributed by atoms with Crippen LogP contribution in [0, 0.1) is 39.4 Å². The molecule has 0 radical (unpaired) electrons. The summed E-state index contributed by atoms with van der Waals surface area (Å²) in [5.41, 5.74) is -1.71. The van der Waals surface area contributed by atoms with Crippen molar-refractivity contribution < 1.29 is 153 Å². The number of ether oxygens (including phenoxy) is 14. The van der Waals surface area contributed by atoms with E-state index in [9.17, 15) is 86.2 Å². The fourth-order valence-electron chi connectivity index (χ4n) is 18.2. The van der Waals surface area contributed by atoms with Crippen LogP contribution in [0.2, 0.25) is 0 Å². The van der Waals surface area contributed by atoms with Gasteiger partial charge in [-0.15, -0.1) is 6.58 Å². The molecule has 31 heteroatoms. The van der Waals surface area contributed by atoms with E-state index < -0.39 is 244 Å². The second-order valence-electron chi connectivity index (χ2n) is 29.6. The smallest absolute Gasteiger partial charge is 0.314 e. The number of allylic oxidation sites excluding steroid dienone is 3. The molecule has 1 spiro atoms. The number of aliphatic hydroxyl groups excluding tert-OH is 15. The number of fused-ring (bicyclic) bond motifs is 4. The zero-order chi connectivity index (χ0) is 69.1.